The molecule has 0 heterocycles. The summed E-state index contributed by atoms with van der Waals surface area (Å²) in [5.74, 6) is 0. The van der Waals surface area contributed by atoms with E-state index < -0.39 is 8.80 Å². The third-order valence-corrected chi connectivity index (χ3v) is 5.80. The van der Waals surface area contributed by atoms with E-state index in [2.05, 4.69) is 0 Å². The second kappa shape index (κ2) is 11.5. The van der Waals surface area contributed by atoms with Crippen LogP contribution in [0, 0.1) is 0 Å². The van der Waals surface area contributed by atoms with Gasteiger partial charge in [0.1, 0.15) is 0 Å². The predicted octanol–water partition coefficient (Wildman–Crippen LogP) is 0.404. The number of nitrogen functional groups attached to an aromatic ring is 1. The summed E-state index contributed by atoms with van der Waals surface area (Å²) < 4.78 is 33.2. The molecule has 0 radical (unpaired) electrons. The first-order valence-electron chi connectivity index (χ1n) is 7.43. The first-order chi connectivity index (χ1) is 11.2. The molecule has 0 bridgehead atoms. The zero-order valence-electron chi connectivity index (χ0n) is 14.1. The van der Waals surface area contributed by atoms with E-state index in [0.717, 1.165) is 5.19 Å². The number of ether oxygens (including phenoxy) is 3. The Balaban J connectivity index is 2.95. The molecule has 132 valence electrons. The average molecular weight is 345 g/mol. The van der Waals surface area contributed by atoms with Gasteiger partial charge in [-0.2, -0.15) is 0 Å². The Bertz CT molecular complexity index is 390. The van der Waals surface area contributed by atoms with Crippen molar-refractivity contribution in [2.45, 2.75) is 0 Å². The number of hydrogen-bond donors (Lipinski definition) is 1. The van der Waals surface area contributed by atoms with Crippen molar-refractivity contribution in [3.63, 3.8) is 0 Å². The highest BCUT2D eigenvalue weighted by molar-refractivity contribution is 6.75. The Hall–Kier alpha value is -1.00. The molecule has 0 atom stereocenters. The van der Waals surface area contributed by atoms with E-state index in [0.29, 0.717) is 45.3 Å². The van der Waals surface area contributed by atoms with Gasteiger partial charge in [0.05, 0.1) is 39.6 Å². The Kier molecular flexibility index (Phi) is 10.0. The van der Waals surface area contributed by atoms with Gasteiger partial charge in [-0.05, 0) is 12.1 Å². The van der Waals surface area contributed by atoms with Crippen molar-refractivity contribution in [2.75, 3.05) is 66.7 Å². The van der Waals surface area contributed by atoms with Crippen molar-refractivity contribution in [3.8, 4) is 0 Å². The second-order valence-electron chi connectivity index (χ2n) is 4.70. The summed E-state index contributed by atoms with van der Waals surface area (Å²) in [4.78, 5) is 0. The summed E-state index contributed by atoms with van der Waals surface area (Å²) in [7, 11) is 1.75. The van der Waals surface area contributed by atoms with Crippen molar-refractivity contribution >= 4 is 19.7 Å². The number of hydrogen-bond acceptors (Lipinski definition) is 7. The Labute approximate surface area is 138 Å². The SMILES string of the molecule is COCCO[Si](OCCOC)(OCCOC)c1ccc(N)cc1. The molecule has 0 unspecified atom stereocenters. The lowest BCUT2D eigenvalue weighted by atomic mass is 10.3. The quantitative estimate of drug-likeness (QED) is 0.315. The fourth-order valence-corrected chi connectivity index (χ4v) is 4.22. The van der Waals surface area contributed by atoms with Gasteiger partial charge in [0.15, 0.2) is 0 Å². The molecule has 1 aromatic rings. The van der Waals surface area contributed by atoms with Gasteiger partial charge < -0.3 is 33.2 Å². The molecule has 1 aromatic carbocycles. The Morgan fingerprint density at radius 1 is 0.696 bits per heavy atom. The maximum Gasteiger partial charge on any atom is 0.537 e. The van der Waals surface area contributed by atoms with Crippen molar-refractivity contribution in [1.82, 2.24) is 0 Å². The molecule has 2 N–H and O–H groups in total. The van der Waals surface area contributed by atoms with Crippen LogP contribution in [0.2, 0.25) is 0 Å². The Morgan fingerprint density at radius 3 is 1.43 bits per heavy atom. The maximum atomic E-state index is 6.01. The van der Waals surface area contributed by atoms with Crippen molar-refractivity contribution in [2.24, 2.45) is 0 Å². The minimum atomic E-state index is -3.10. The van der Waals surface area contributed by atoms with Gasteiger partial charge in [-0.1, -0.05) is 12.1 Å². The molecule has 0 aliphatic heterocycles. The molecule has 0 aliphatic rings. The molecular formula is C15H27NO6Si. The van der Waals surface area contributed by atoms with Gasteiger partial charge in [0, 0.05) is 32.2 Å². The zero-order valence-corrected chi connectivity index (χ0v) is 15.1. The third-order valence-electron chi connectivity index (χ3n) is 3.00. The molecule has 0 aliphatic carbocycles. The summed E-state index contributed by atoms with van der Waals surface area (Å²) >= 11 is 0. The first-order valence-corrected chi connectivity index (χ1v) is 9.15. The molecule has 1 rings (SSSR count). The fraction of sp³-hybridized carbons (Fsp3) is 0.600. The van der Waals surface area contributed by atoms with Gasteiger partial charge in [0.2, 0.25) is 0 Å². The van der Waals surface area contributed by atoms with Crippen molar-refractivity contribution in [1.29, 1.82) is 0 Å². The average Bonchev–Trinajstić information content (AvgIpc) is 2.56. The smallest absolute Gasteiger partial charge is 0.399 e. The van der Waals surface area contributed by atoms with Crippen LogP contribution < -0.4 is 10.9 Å². The summed E-state index contributed by atoms with van der Waals surface area (Å²) in [5, 5.41) is 0.843. The standard InChI is InChI=1S/C15H27NO6Si/c1-17-8-11-20-23(21-12-9-18-2,22-13-10-19-3)15-6-4-14(16)5-7-15/h4-7H,8-13,16H2,1-3H3. The van der Waals surface area contributed by atoms with E-state index in [1.165, 1.54) is 0 Å². The van der Waals surface area contributed by atoms with Gasteiger partial charge >= 0.3 is 8.80 Å². The van der Waals surface area contributed by atoms with Gasteiger partial charge in [0.25, 0.3) is 0 Å². The summed E-state index contributed by atoms with van der Waals surface area (Å²) in [6, 6.07) is 7.34. The fourth-order valence-electron chi connectivity index (χ4n) is 1.84. The second-order valence-corrected chi connectivity index (χ2v) is 7.26. The lowest BCUT2D eigenvalue weighted by Gasteiger charge is -2.30. The van der Waals surface area contributed by atoms with Gasteiger partial charge in [-0.3, -0.25) is 0 Å². The van der Waals surface area contributed by atoms with Crippen LogP contribution in [0.4, 0.5) is 5.69 Å². The summed E-state index contributed by atoms with van der Waals surface area (Å²) in [6.07, 6.45) is 0. The molecule has 0 saturated heterocycles. The zero-order chi connectivity index (χ0) is 17.0. The van der Waals surface area contributed by atoms with Crippen LogP contribution in [-0.4, -0.2) is 69.8 Å². The summed E-state index contributed by atoms with van der Waals surface area (Å²) in [6.45, 7) is 2.45. The molecule has 8 heteroatoms. The van der Waals surface area contributed by atoms with E-state index >= 15 is 0 Å². The van der Waals surface area contributed by atoms with Crippen molar-refractivity contribution < 1.29 is 27.5 Å². The number of nitrogens with two attached hydrogens (primary N) is 1. The van der Waals surface area contributed by atoms with Crippen molar-refractivity contribution in [3.05, 3.63) is 24.3 Å². The van der Waals surface area contributed by atoms with E-state index in [1.54, 1.807) is 33.5 Å². The normalized spacial score (nSPS) is 11.8. The molecule has 0 saturated carbocycles. The number of methoxy groups -OCH3 is 3. The van der Waals surface area contributed by atoms with Gasteiger partial charge in [-0.25, -0.2) is 0 Å². The molecule has 0 fully saturated rings. The van der Waals surface area contributed by atoms with Crippen LogP contribution in [0.3, 0.4) is 0 Å². The summed E-state index contributed by atoms with van der Waals surface area (Å²) in [5.41, 5.74) is 6.44. The number of rotatable bonds is 13. The third kappa shape index (κ3) is 6.96. The highest BCUT2D eigenvalue weighted by atomic mass is 28.4. The lowest BCUT2D eigenvalue weighted by Crippen LogP contribution is -2.58. The monoisotopic (exact) mass is 345 g/mol. The van der Waals surface area contributed by atoms with Crippen LogP contribution in [0.25, 0.3) is 0 Å². The maximum absolute atomic E-state index is 6.01. The Morgan fingerprint density at radius 2 is 1.09 bits per heavy atom. The lowest BCUT2D eigenvalue weighted by molar-refractivity contribution is 0.0243. The van der Waals surface area contributed by atoms with Crippen LogP contribution in [0.5, 0.6) is 0 Å². The highest BCUT2D eigenvalue weighted by Crippen LogP contribution is 2.12. The molecule has 0 aromatic heterocycles. The van der Waals surface area contributed by atoms with E-state index in [4.69, 9.17) is 33.2 Å². The van der Waals surface area contributed by atoms with E-state index in [1.807, 2.05) is 12.1 Å². The van der Waals surface area contributed by atoms with Crippen LogP contribution in [0.15, 0.2) is 24.3 Å². The first kappa shape index (κ1) is 20.0. The van der Waals surface area contributed by atoms with E-state index in [-0.39, 0.29) is 0 Å². The minimum Gasteiger partial charge on any atom is -0.399 e. The molecule has 7 nitrogen and oxygen atoms in total. The number of anilines is 1. The topological polar surface area (TPSA) is 81.4 Å². The van der Waals surface area contributed by atoms with Gasteiger partial charge in [-0.15, -0.1) is 0 Å². The van der Waals surface area contributed by atoms with Crippen LogP contribution in [0.1, 0.15) is 0 Å². The minimum absolute atomic E-state index is 0.368. The van der Waals surface area contributed by atoms with E-state index in [9.17, 15) is 0 Å². The van der Waals surface area contributed by atoms with Crippen LogP contribution >= 0.6 is 0 Å². The predicted molar refractivity (Wildman–Crippen MR) is 89.7 cm³/mol. The molecule has 0 amide bonds. The number of benzene rings is 1. The highest BCUT2D eigenvalue weighted by Gasteiger charge is 2.44. The largest absolute Gasteiger partial charge is 0.537 e. The molecule has 23 heavy (non-hydrogen) atoms. The van der Waals surface area contributed by atoms with Crippen LogP contribution in [-0.2, 0) is 27.5 Å². The molecular weight excluding hydrogens is 318 g/mol. The molecule has 0 spiro atoms.